The van der Waals surface area contributed by atoms with E-state index in [1.165, 1.54) is 212 Å². The van der Waals surface area contributed by atoms with Crippen molar-refractivity contribution < 1.29 is 13.3 Å². The predicted octanol–water partition coefficient (Wildman–Crippen LogP) is 13.7. The molecule has 0 unspecified atom stereocenters. The molecule has 4 heteroatoms. The minimum atomic E-state index is -2.07. The Balaban J connectivity index is 4.75. The first-order valence-electron chi connectivity index (χ1n) is 19.9. The van der Waals surface area contributed by atoms with Gasteiger partial charge in [0.25, 0.3) is 0 Å². The van der Waals surface area contributed by atoms with Crippen LogP contribution in [0.25, 0.3) is 0 Å². The summed E-state index contributed by atoms with van der Waals surface area (Å²) in [6.07, 6.45) is 45.3. The zero-order valence-corrected chi connectivity index (χ0v) is 31.8. The fourth-order valence-corrected chi connectivity index (χ4v) is 7.90. The fraction of sp³-hybridized carbons (Fsp3) is 1.00. The van der Waals surface area contributed by atoms with E-state index in [2.05, 4.69) is 20.8 Å². The summed E-state index contributed by atoms with van der Waals surface area (Å²) in [6, 6.07) is 0. The van der Waals surface area contributed by atoms with Crippen LogP contribution in [0.3, 0.4) is 0 Å². The monoisotopic (exact) mass is 627 g/mol. The quantitative estimate of drug-likeness (QED) is 0.0507. The highest BCUT2D eigenvalue weighted by atomic mass is 28.3. The van der Waals surface area contributed by atoms with Crippen molar-refractivity contribution in [2.24, 2.45) is 0 Å². The Labute approximate surface area is 274 Å². The van der Waals surface area contributed by atoms with Crippen LogP contribution >= 0.6 is 0 Å². The van der Waals surface area contributed by atoms with E-state index in [9.17, 15) is 0 Å². The Hall–Kier alpha value is 0.0969. The van der Waals surface area contributed by atoms with Crippen molar-refractivity contribution in [2.45, 2.75) is 238 Å². The average molecular weight is 627 g/mol. The Kier molecular flexibility index (Phi) is 35.0. The van der Waals surface area contributed by atoms with Gasteiger partial charge in [0.2, 0.25) is 0 Å². The normalized spacial score (nSPS) is 12.1. The summed E-state index contributed by atoms with van der Waals surface area (Å²) in [6.45, 7) is 6.92. The van der Waals surface area contributed by atoms with Crippen LogP contribution in [0, 0.1) is 0 Å². The molecule has 0 rings (SSSR count). The van der Waals surface area contributed by atoms with E-state index in [4.69, 9.17) is 13.3 Å². The van der Waals surface area contributed by atoms with Crippen LogP contribution in [0.1, 0.15) is 233 Å². The molecule has 0 spiro atoms. The van der Waals surface area contributed by atoms with E-state index in [-0.39, 0.29) is 5.60 Å². The first-order chi connectivity index (χ1) is 21.2. The van der Waals surface area contributed by atoms with Gasteiger partial charge in [0.15, 0.2) is 0 Å². The summed E-state index contributed by atoms with van der Waals surface area (Å²) in [5, 5.41) is 0. The lowest BCUT2D eigenvalue weighted by molar-refractivity contribution is -0.0200. The van der Waals surface area contributed by atoms with Crippen molar-refractivity contribution in [2.75, 3.05) is 14.2 Å². The van der Waals surface area contributed by atoms with Gasteiger partial charge in [-0.25, -0.2) is 0 Å². The molecule has 0 radical (unpaired) electrons. The van der Waals surface area contributed by atoms with Crippen LogP contribution in [0.5, 0.6) is 0 Å². The summed E-state index contributed by atoms with van der Waals surface area (Å²) in [5.74, 6) is 0. The SMILES string of the molecule is CCCCCCCCCCCCC(CCCCCCCCCCCC)(CCCCCCCCCCCC)O[SiH](OC)OC. The summed E-state index contributed by atoms with van der Waals surface area (Å²) < 4.78 is 18.4. The second kappa shape index (κ2) is 35.0. The molecule has 0 aliphatic rings. The summed E-state index contributed by atoms with van der Waals surface area (Å²) in [7, 11) is 1.50. The van der Waals surface area contributed by atoms with Crippen LogP contribution in [0.2, 0.25) is 0 Å². The van der Waals surface area contributed by atoms with Gasteiger partial charge in [-0.15, -0.1) is 0 Å². The molecule has 0 saturated carbocycles. The van der Waals surface area contributed by atoms with Gasteiger partial charge >= 0.3 is 9.53 Å². The standard InChI is InChI=1S/C39H82O3Si/c1-6-9-12-15-18-21-24-27-30-33-36-39(42-43(40-4)41-5,37-34-31-28-25-22-19-16-13-10-7-2)38-35-32-29-26-23-20-17-14-11-8-3/h43H,6-38H2,1-5H3. The van der Waals surface area contributed by atoms with Crippen molar-refractivity contribution in [3.8, 4) is 0 Å². The number of hydrogen-bond donors (Lipinski definition) is 0. The Morgan fingerprint density at radius 1 is 0.326 bits per heavy atom. The van der Waals surface area contributed by atoms with Crippen LogP contribution in [0.15, 0.2) is 0 Å². The maximum Gasteiger partial charge on any atom is 0.484 e. The first kappa shape index (κ1) is 43.1. The Morgan fingerprint density at radius 3 is 0.744 bits per heavy atom. The molecule has 0 saturated heterocycles. The van der Waals surface area contributed by atoms with Gasteiger partial charge in [0.05, 0.1) is 5.60 Å². The topological polar surface area (TPSA) is 27.7 Å². The molecule has 0 aromatic rings. The van der Waals surface area contributed by atoms with Gasteiger partial charge in [0, 0.05) is 14.2 Å². The van der Waals surface area contributed by atoms with E-state index >= 15 is 0 Å². The highest BCUT2D eigenvalue weighted by Gasteiger charge is 2.34. The third-order valence-electron chi connectivity index (χ3n) is 9.69. The van der Waals surface area contributed by atoms with E-state index in [1.807, 2.05) is 0 Å². The average Bonchev–Trinajstić information content (AvgIpc) is 3.02. The lowest BCUT2D eigenvalue weighted by Gasteiger charge is -2.37. The smallest absolute Gasteiger partial charge is 0.379 e. The third-order valence-corrected chi connectivity index (χ3v) is 11.2. The molecule has 3 nitrogen and oxygen atoms in total. The van der Waals surface area contributed by atoms with Crippen LogP contribution in [-0.2, 0) is 13.3 Å². The molecule has 0 aliphatic heterocycles. The Morgan fingerprint density at radius 2 is 0.535 bits per heavy atom. The number of rotatable bonds is 37. The van der Waals surface area contributed by atoms with Gasteiger partial charge in [-0.3, -0.25) is 0 Å². The fourth-order valence-electron chi connectivity index (χ4n) is 6.75. The number of hydrogen-bond acceptors (Lipinski definition) is 3. The molecular formula is C39H82O3Si. The largest absolute Gasteiger partial charge is 0.484 e. The Bertz CT molecular complexity index is 451. The van der Waals surface area contributed by atoms with Gasteiger partial charge in [-0.2, -0.15) is 0 Å². The zero-order valence-electron chi connectivity index (χ0n) is 30.6. The zero-order chi connectivity index (χ0) is 31.5. The lowest BCUT2D eigenvalue weighted by atomic mass is 9.85. The van der Waals surface area contributed by atoms with E-state index in [0.717, 1.165) is 0 Å². The van der Waals surface area contributed by atoms with Crippen molar-refractivity contribution in [1.82, 2.24) is 0 Å². The summed E-state index contributed by atoms with van der Waals surface area (Å²) in [4.78, 5) is 0. The molecule has 0 bridgehead atoms. The maximum atomic E-state index is 6.88. The second-order valence-electron chi connectivity index (χ2n) is 13.9. The van der Waals surface area contributed by atoms with Crippen LogP contribution in [0.4, 0.5) is 0 Å². The van der Waals surface area contributed by atoms with Gasteiger partial charge < -0.3 is 13.3 Å². The highest BCUT2D eigenvalue weighted by Crippen LogP contribution is 2.34. The van der Waals surface area contributed by atoms with Crippen molar-refractivity contribution in [3.63, 3.8) is 0 Å². The molecule has 0 atom stereocenters. The summed E-state index contributed by atoms with van der Waals surface area (Å²) >= 11 is 0. The lowest BCUT2D eigenvalue weighted by Crippen LogP contribution is -2.41. The van der Waals surface area contributed by atoms with Crippen LogP contribution in [-0.4, -0.2) is 29.3 Å². The molecule has 0 N–H and O–H groups in total. The van der Waals surface area contributed by atoms with Gasteiger partial charge in [-0.1, -0.05) is 213 Å². The second-order valence-corrected chi connectivity index (χ2v) is 15.6. The molecule has 260 valence electrons. The van der Waals surface area contributed by atoms with Gasteiger partial charge in [-0.05, 0) is 19.3 Å². The molecule has 0 heterocycles. The molecule has 0 aromatic heterocycles. The maximum absolute atomic E-state index is 6.88. The molecule has 0 fully saturated rings. The van der Waals surface area contributed by atoms with E-state index < -0.39 is 9.53 Å². The van der Waals surface area contributed by atoms with Gasteiger partial charge in [0.1, 0.15) is 0 Å². The molecule has 0 aromatic carbocycles. The van der Waals surface area contributed by atoms with Crippen molar-refractivity contribution in [1.29, 1.82) is 0 Å². The molecule has 43 heavy (non-hydrogen) atoms. The highest BCUT2D eigenvalue weighted by molar-refractivity contribution is 6.36. The predicted molar refractivity (Wildman–Crippen MR) is 194 cm³/mol. The molecule has 0 amide bonds. The summed E-state index contributed by atoms with van der Waals surface area (Å²) in [5.41, 5.74) is -0.0383. The van der Waals surface area contributed by atoms with E-state index in [1.54, 1.807) is 14.2 Å². The molecule has 0 aliphatic carbocycles. The van der Waals surface area contributed by atoms with Crippen LogP contribution < -0.4 is 0 Å². The van der Waals surface area contributed by atoms with Crippen molar-refractivity contribution >= 4 is 9.53 Å². The number of unbranched alkanes of at least 4 members (excludes halogenated alkanes) is 27. The van der Waals surface area contributed by atoms with E-state index in [0.29, 0.717) is 0 Å². The minimum Gasteiger partial charge on any atom is -0.379 e. The molecular weight excluding hydrogens is 545 g/mol. The third kappa shape index (κ3) is 29.3. The first-order valence-corrected chi connectivity index (χ1v) is 21.3. The minimum absolute atomic E-state index is 0.0383. The van der Waals surface area contributed by atoms with Crippen molar-refractivity contribution in [3.05, 3.63) is 0 Å².